The highest BCUT2D eigenvalue weighted by atomic mass is 15.1. The topological polar surface area (TPSA) is 42.1 Å². The van der Waals surface area contributed by atoms with Crippen molar-refractivity contribution >= 4 is 11.5 Å². The van der Waals surface area contributed by atoms with E-state index in [1.54, 1.807) is 0 Å². The van der Waals surface area contributed by atoms with Gasteiger partial charge in [-0.3, -0.25) is 0 Å². The van der Waals surface area contributed by atoms with Gasteiger partial charge < -0.3 is 10.6 Å². The van der Waals surface area contributed by atoms with Gasteiger partial charge in [-0.2, -0.15) is 0 Å². The van der Waals surface area contributed by atoms with Gasteiger partial charge in [0.1, 0.15) is 5.82 Å². The first-order valence-electron chi connectivity index (χ1n) is 5.76. The Kier molecular flexibility index (Phi) is 3.09. The highest BCUT2D eigenvalue weighted by Gasteiger charge is 2.18. The molecule has 2 rings (SSSR count). The molecule has 1 fully saturated rings. The van der Waals surface area contributed by atoms with E-state index in [0.717, 1.165) is 12.5 Å². The van der Waals surface area contributed by atoms with Crippen molar-refractivity contribution in [2.24, 2.45) is 5.92 Å². The van der Waals surface area contributed by atoms with Crippen molar-refractivity contribution in [2.45, 2.75) is 26.2 Å². The molecule has 82 valence electrons. The highest BCUT2D eigenvalue weighted by molar-refractivity contribution is 5.48. The van der Waals surface area contributed by atoms with Gasteiger partial charge in [0.05, 0.1) is 11.9 Å². The standard InChI is InChI=1S/C12H19N3/c1-2-10-4-3-7-15(9-10)11-5-6-12(13)14-8-11/h5-6,8,10H,2-4,7,9H2,1H3,(H2,13,14). The molecule has 1 aliphatic heterocycles. The van der Waals surface area contributed by atoms with Crippen LogP contribution in [0.4, 0.5) is 11.5 Å². The molecule has 0 spiro atoms. The summed E-state index contributed by atoms with van der Waals surface area (Å²) in [5.74, 6) is 1.44. The van der Waals surface area contributed by atoms with Crippen LogP contribution in [-0.4, -0.2) is 18.1 Å². The first-order chi connectivity index (χ1) is 7.29. The first kappa shape index (κ1) is 10.3. The van der Waals surface area contributed by atoms with E-state index in [9.17, 15) is 0 Å². The molecule has 0 aromatic carbocycles. The van der Waals surface area contributed by atoms with E-state index in [0.29, 0.717) is 5.82 Å². The van der Waals surface area contributed by atoms with Crippen LogP contribution in [0.5, 0.6) is 0 Å². The lowest BCUT2D eigenvalue weighted by atomic mass is 9.95. The summed E-state index contributed by atoms with van der Waals surface area (Å²) in [4.78, 5) is 6.56. The molecule has 0 radical (unpaired) electrons. The summed E-state index contributed by atoms with van der Waals surface area (Å²) in [6.07, 6.45) is 5.82. The van der Waals surface area contributed by atoms with Crippen molar-refractivity contribution in [3.05, 3.63) is 18.3 Å². The van der Waals surface area contributed by atoms with Crippen molar-refractivity contribution in [1.29, 1.82) is 0 Å². The second-order valence-electron chi connectivity index (χ2n) is 4.30. The number of nitrogen functional groups attached to an aromatic ring is 1. The summed E-state index contributed by atoms with van der Waals surface area (Å²) in [7, 11) is 0. The lowest BCUT2D eigenvalue weighted by Crippen LogP contribution is -2.35. The van der Waals surface area contributed by atoms with Crippen molar-refractivity contribution in [3.8, 4) is 0 Å². The molecule has 1 aromatic heterocycles. The molecule has 3 nitrogen and oxygen atoms in total. The number of hydrogen-bond donors (Lipinski definition) is 1. The number of nitrogens with zero attached hydrogens (tertiary/aromatic N) is 2. The van der Waals surface area contributed by atoms with Gasteiger partial charge in [-0.1, -0.05) is 13.3 Å². The molecule has 0 aliphatic carbocycles. The molecule has 3 heteroatoms. The second-order valence-corrected chi connectivity index (χ2v) is 4.30. The number of piperidine rings is 1. The van der Waals surface area contributed by atoms with E-state index in [1.807, 2.05) is 12.3 Å². The van der Waals surface area contributed by atoms with Gasteiger partial charge in [0.25, 0.3) is 0 Å². The van der Waals surface area contributed by atoms with E-state index in [-0.39, 0.29) is 0 Å². The number of nitrogens with two attached hydrogens (primary N) is 1. The molecule has 2 heterocycles. The molecule has 0 saturated carbocycles. The van der Waals surface area contributed by atoms with E-state index < -0.39 is 0 Å². The maximum absolute atomic E-state index is 5.58. The molecule has 1 saturated heterocycles. The van der Waals surface area contributed by atoms with Crippen LogP contribution in [0.1, 0.15) is 26.2 Å². The molecule has 0 amide bonds. The maximum Gasteiger partial charge on any atom is 0.123 e. The Balaban J connectivity index is 2.06. The largest absolute Gasteiger partial charge is 0.384 e. The first-order valence-corrected chi connectivity index (χ1v) is 5.76. The summed E-state index contributed by atoms with van der Waals surface area (Å²) in [6.45, 7) is 4.60. The van der Waals surface area contributed by atoms with Crippen LogP contribution in [0.3, 0.4) is 0 Å². The van der Waals surface area contributed by atoms with E-state index in [2.05, 4.69) is 22.9 Å². The van der Waals surface area contributed by atoms with Crippen LogP contribution in [0.25, 0.3) is 0 Å². The van der Waals surface area contributed by atoms with Crippen molar-refractivity contribution < 1.29 is 0 Å². The van der Waals surface area contributed by atoms with Gasteiger partial charge >= 0.3 is 0 Å². The Morgan fingerprint density at radius 3 is 3.07 bits per heavy atom. The highest BCUT2D eigenvalue weighted by Crippen LogP contribution is 2.24. The fourth-order valence-corrected chi connectivity index (χ4v) is 2.22. The summed E-state index contributed by atoms with van der Waals surface area (Å²) >= 11 is 0. The SMILES string of the molecule is CCC1CCCN(c2ccc(N)nc2)C1. The quantitative estimate of drug-likeness (QED) is 0.805. The predicted octanol–water partition coefficient (Wildman–Crippen LogP) is 2.29. The van der Waals surface area contributed by atoms with Crippen LogP contribution in [0.2, 0.25) is 0 Å². The average molecular weight is 205 g/mol. The van der Waals surface area contributed by atoms with E-state index >= 15 is 0 Å². The third kappa shape index (κ3) is 2.41. The van der Waals surface area contributed by atoms with Crippen molar-refractivity contribution in [1.82, 2.24) is 4.98 Å². The zero-order valence-corrected chi connectivity index (χ0v) is 9.32. The fraction of sp³-hybridized carbons (Fsp3) is 0.583. The van der Waals surface area contributed by atoms with Crippen LogP contribution >= 0.6 is 0 Å². The third-order valence-corrected chi connectivity index (χ3v) is 3.23. The molecule has 2 N–H and O–H groups in total. The number of rotatable bonds is 2. The van der Waals surface area contributed by atoms with Gasteiger partial charge in [0, 0.05) is 13.1 Å². The zero-order chi connectivity index (χ0) is 10.7. The Bertz CT molecular complexity index is 307. The fourth-order valence-electron chi connectivity index (χ4n) is 2.22. The Morgan fingerprint density at radius 2 is 2.40 bits per heavy atom. The lowest BCUT2D eigenvalue weighted by molar-refractivity contribution is 0.404. The molecular formula is C12H19N3. The minimum atomic E-state index is 0.600. The lowest BCUT2D eigenvalue weighted by Gasteiger charge is -2.33. The molecule has 1 atom stereocenters. The third-order valence-electron chi connectivity index (χ3n) is 3.23. The van der Waals surface area contributed by atoms with Crippen LogP contribution in [-0.2, 0) is 0 Å². The number of anilines is 2. The zero-order valence-electron chi connectivity index (χ0n) is 9.32. The molecule has 1 aliphatic rings. The van der Waals surface area contributed by atoms with Gasteiger partial charge in [0.15, 0.2) is 0 Å². The molecule has 1 unspecified atom stereocenters. The number of hydrogen-bond acceptors (Lipinski definition) is 3. The molecule has 0 bridgehead atoms. The van der Waals surface area contributed by atoms with E-state index in [1.165, 1.54) is 31.5 Å². The molecule has 15 heavy (non-hydrogen) atoms. The van der Waals surface area contributed by atoms with Crippen LogP contribution in [0, 0.1) is 5.92 Å². The summed E-state index contributed by atoms with van der Waals surface area (Å²) in [5, 5.41) is 0. The Labute approximate surface area is 91.3 Å². The van der Waals surface area contributed by atoms with Crippen LogP contribution in [0.15, 0.2) is 18.3 Å². The molecule has 1 aromatic rings. The van der Waals surface area contributed by atoms with Gasteiger partial charge in [-0.25, -0.2) is 4.98 Å². The van der Waals surface area contributed by atoms with Crippen molar-refractivity contribution in [2.75, 3.05) is 23.7 Å². The summed E-state index contributed by atoms with van der Waals surface area (Å²) < 4.78 is 0. The average Bonchev–Trinajstić information content (AvgIpc) is 2.30. The minimum Gasteiger partial charge on any atom is -0.384 e. The summed E-state index contributed by atoms with van der Waals surface area (Å²) in [6, 6.07) is 3.95. The predicted molar refractivity (Wildman–Crippen MR) is 63.9 cm³/mol. The maximum atomic E-state index is 5.58. The monoisotopic (exact) mass is 205 g/mol. The van der Waals surface area contributed by atoms with Gasteiger partial charge in [-0.05, 0) is 30.9 Å². The van der Waals surface area contributed by atoms with Crippen LogP contribution < -0.4 is 10.6 Å². The smallest absolute Gasteiger partial charge is 0.123 e. The van der Waals surface area contributed by atoms with Gasteiger partial charge in [-0.15, -0.1) is 0 Å². The minimum absolute atomic E-state index is 0.600. The normalized spacial score (nSPS) is 21.7. The number of aromatic nitrogens is 1. The second kappa shape index (κ2) is 4.51. The van der Waals surface area contributed by atoms with Crippen molar-refractivity contribution in [3.63, 3.8) is 0 Å². The number of pyridine rings is 1. The Hall–Kier alpha value is -1.25. The summed E-state index contributed by atoms with van der Waals surface area (Å²) in [5.41, 5.74) is 6.79. The van der Waals surface area contributed by atoms with Gasteiger partial charge in [0.2, 0.25) is 0 Å². The van der Waals surface area contributed by atoms with E-state index in [4.69, 9.17) is 5.73 Å². The Morgan fingerprint density at radius 1 is 1.53 bits per heavy atom. The molecular weight excluding hydrogens is 186 g/mol.